The minimum atomic E-state index is -1.80. The number of halogens is 1. The van der Waals surface area contributed by atoms with E-state index < -0.39 is 17.2 Å². The zero-order valence-electron chi connectivity index (χ0n) is 17.2. The Morgan fingerprint density at radius 3 is 2.75 bits per heavy atom. The molecule has 154 valence electrons. The van der Waals surface area contributed by atoms with Crippen molar-refractivity contribution >= 4 is 23.3 Å². The Balaban J connectivity index is 1.77. The number of alkyl halides is 1. The summed E-state index contributed by atoms with van der Waals surface area (Å²) in [6, 6.07) is 0. The first kappa shape index (κ1) is 20.3. The number of carbonyl (C=O) groups is 2. The fourth-order valence-electron chi connectivity index (χ4n) is 7.50. The summed E-state index contributed by atoms with van der Waals surface area (Å²) in [4.78, 5) is 24.8. The van der Waals surface area contributed by atoms with Crippen LogP contribution in [0.5, 0.6) is 0 Å². The van der Waals surface area contributed by atoms with Crippen molar-refractivity contribution in [2.75, 3.05) is 12.0 Å². The lowest BCUT2D eigenvalue weighted by Gasteiger charge is -2.62. The van der Waals surface area contributed by atoms with Crippen LogP contribution in [-0.4, -0.2) is 40.5 Å². The molecule has 0 saturated heterocycles. The van der Waals surface area contributed by atoms with E-state index >= 15 is 4.39 Å². The number of allylic oxidation sites excluding steroid dienone is 4. The molecule has 4 aliphatic rings. The van der Waals surface area contributed by atoms with Crippen LogP contribution in [0.15, 0.2) is 23.8 Å². The molecule has 0 bridgehead atoms. The van der Waals surface area contributed by atoms with E-state index in [9.17, 15) is 14.7 Å². The maximum Gasteiger partial charge on any atom is 0.178 e. The van der Waals surface area contributed by atoms with Crippen molar-refractivity contribution in [3.05, 3.63) is 23.8 Å². The summed E-state index contributed by atoms with van der Waals surface area (Å²) in [7, 11) is 0. The molecule has 0 aromatic rings. The highest BCUT2D eigenvalue weighted by molar-refractivity contribution is 7.99. The molecule has 3 unspecified atom stereocenters. The highest BCUT2D eigenvalue weighted by Gasteiger charge is 2.71. The Bertz CT molecular complexity index is 776. The molecule has 4 aliphatic carbocycles. The molecule has 0 radical (unpaired) electrons. The van der Waals surface area contributed by atoms with E-state index in [4.69, 9.17) is 0 Å². The van der Waals surface area contributed by atoms with Crippen LogP contribution in [0.25, 0.3) is 0 Å². The number of fused-ring (bicyclic) bond motifs is 5. The number of rotatable bonds is 3. The molecule has 5 heteroatoms. The fraction of sp³-hybridized carbons (Fsp3) is 0.739. The molecule has 3 saturated carbocycles. The van der Waals surface area contributed by atoms with E-state index in [0.29, 0.717) is 25.0 Å². The molecule has 0 aromatic heterocycles. The van der Waals surface area contributed by atoms with Crippen LogP contribution in [0.2, 0.25) is 0 Å². The van der Waals surface area contributed by atoms with Crippen LogP contribution < -0.4 is 0 Å². The van der Waals surface area contributed by atoms with Gasteiger partial charge in [-0.05, 0) is 68.3 Å². The smallest absolute Gasteiger partial charge is 0.178 e. The second-order valence-corrected chi connectivity index (χ2v) is 10.8. The molecule has 3 nitrogen and oxygen atoms in total. The third-order valence-electron chi connectivity index (χ3n) is 8.61. The summed E-state index contributed by atoms with van der Waals surface area (Å²) in [6.45, 7) is 6.07. The van der Waals surface area contributed by atoms with Gasteiger partial charge >= 0.3 is 0 Å². The minimum absolute atomic E-state index is 0.0797. The van der Waals surface area contributed by atoms with Gasteiger partial charge in [-0.15, -0.1) is 0 Å². The number of aliphatic hydroxyl groups excluding tert-OH is 1. The molecule has 8 atom stereocenters. The van der Waals surface area contributed by atoms with Gasteiger partial charge in [-0.1, -0.05) is 25.5 Å². The zero-order valence-corrected chi connectivity index (χ0v) is 18.0. The quantitative estimate of drug-likeness (QED) is 0.765. The normalized spacial score (nSPS) is 49.9. The van der Waals surface area contributed by atoms with Crippen molar-refractivity contribution in [1.82, 2.24) is 0 Å². The number of ketones is 2. The van der Waals surface area contributed by atoms with Crippen LogP contribution in [0, 0.1) is 34.5 Å². The van der Waals surface area contributed by atoms with Gasteiger partial charge in [-0.3, -0.25) is 9.59 Å². The molecular weight excluding hydrogens is 375 g/mol. The van der Waals surface area contributed by atoms with Crippen molar-refractivity contribution in [2.24, 2.45) is 34.5 Å². The predicted octanol–water partition coefficient (Wildman–Crippen LogP) is 4.15. The van der Waals surface area contributed by atoms with E-state index in [1.165, 1.54) is 17.8 Å². The van der Waals surface area contributed by atoms with Crippen molar-refractivity contribution in [1.29, 1.82) is 0 Å². The summed E-state index contributed by atoms with van der Waals surface area (Å²) < 4.78 is 16.9. The maximum absolute atomic E-state index is 16.9. The number of hydrogen-bond acceptors (Lipinski definition) is 4. The second kappa shape index (κ2) is 6.53. The number of carbonyl (C=O) groups excluding carboxylic acids is 2. The van der Waals surface area contributed by atoms with Gasteiger partial charge in [0.15, 0.2) is 11.5 Å². The third-order valence-corrected chi connectivity index (χ3v) is 9.19. The van der Waals surface area contributed by atoms with Gasteiger partial charge in [0, 0.05) is 17.3 Å². The van der Waals surface area contributed by atoms with E-state index in [2.05, 4.69) is 13.8 Å². The number of hydrogen-bond donors (Lipinski definition) is 1. The largest absolute Gasteiger partial charge is 0.390 e. The molecular formula is C23H31FO3S. The first-order chi connectivity index (χ1) is 13.1. The van der Waals surface area contributed by atoms with Crippen molar-refractivity contribution in [3.63, 3.8) is 0 Å². The van der Waals surface area contributed by atoms with Crippen molar-refractivity contribution in [3.8, 4) is 0 Å². The molecule has 28 heavy (non-hydrogen) atoms. The molecule has 4 rings (SSSR count). The first-order valence-electron chi connectivity index (χ1n) is 10.4. The van der Waals surface area contributed by atoms with E-state index in [0.717, 1.165) is 12.0 Å². The molecule has 1 N–H and O–H groups in total. The van der Waals surface area contributed by atoms with Crippen LogP contribution in [0.1, 0.15) is 46.5 Å². The standard InChI is InChI=1S/C23H31FO3S/c1-13-9-17-16-6-5-14-10-15(25)7-8-22(14,3)23(16,24)19(27)11-21(17,2)20(13)18(26)12-28-4/h7-8,10,13,16-17,19-20,27H,5-6,9,11-12H2,1-4H3/t13-,16?,17?,19+,20?,21+,22+,23+/m1/s1. The lowest BCUT2D eigenvalue weighted by atomic mass is 9.45. The van der Waals surface area contributed by atoms with Gasteiger partial charge in [0.1, 0.15) is 5.78 Å². The van der Waals surface area contributed by atoms with Gasteiger partial charge in [-0.25, -0.2) is 4.39 Å². The molecule has 3 fully saturated rings. The topological polar surface area (TPSA) is 54.4 Å². The molecule has 0 aliphatic heterocycles. The first-order valence-corrected chi connectivity index (χ1v) is 11.8. The maximum atomic E-state index is 16.9. The van der Waals surface area contributed by atoms with Gasteiger partial charge in [0.2, 0.25) is 0 Å². The third kappa shape index (κ3) is 2.44. The van der Waals surface area contributed by atoms with Crippen molar-refractivity contribution in [2.45, 2.75) is 58.2 Å². The van der Waals surface area contributed by atoms with Crippen LogP contribution in [0.3, 0.4) is 0 Å². The Labute approximate surface area is 171 Å². The summed E-state index contributed by atoms with van der Waals surface area (Å²) in [5, 5.41) is 11.2. The molecule has 0 heterocycles. The molecule has 0 amide bonds. The average Bonchev–Trinajstić information content (AvgIpc) is 2.87. The fourth-order valence-corrected chi connectivity index (χ4v) is 7.96. The highest BCUT2D eigenvalue weighted by atomic mass is 32.2. The number of Topliss-reactive ketones (excluding diaryl/α,β-unsaturated/α-hetero) is 1. The van der Waals surface area contributed by atoms with Crippen LogP contribution in [-0.2, 0) is 9.59 Å². The van der Waals surface area contributed by atoms with Gasteiger partial charge in [-0.2, -0.15) is 11.8 Å². The van der Waals surface area contributed by atoms with E-state index in [1.54, 1.807) is 12.2 Å². The van der Waals surface area contributed by atoms with Gasteiger partial charge in [0.25, 0.3) is 0 Å². The average molecular weight is 407 g/mol. The van der Waals surface area contributed by atoms with Gasteiger partial charge in [0.05, 0.1) is 11.9 Å². The van der Waals surface area contributed by atoms with E-state index in [1.807, 2.05) is 13.2 Å². The van der Waals surface area contributed by atoms with Gasteiger partial charge < -0.3 is 5.11 Å². The van der Waals surface area contributed by atoms with Crippen molar-refractivity contribution < 1.29 is 19.1 Å². The SMILES string of the molecule is CSCC(=O)C1[C@H](C)CC2C3CCC4=CC(=O)C=C[C@]4(C)[C@@]3(F)[C@@H](O)C[C@@]21C. The minimum Gasteiger partial charge on any atom is -0.390 e. The summed E-state index contributed by atoms with van der Waals surface area (Å²) >= 11 is 1.54. The predicted molar refractivity (Wildman–Crippen MR) is 110 cm³/mol. The zero-order chi connectivity index (χ0) is 20.5. The lowest BCUT2D eigenvalue weighted by Crippen LogP contribution is -2.66. The highest BCUT2D eigenvalue weighted by Crippen LogP contribution is 2.69. The Kier molecular flexibility index (Phi) is 4.74. The molecule has 0 spiro atoms. The lowest BCUT2D eigenvalue weighted by molar-refractivity contribution is -0.195. The van der Waals surface area contributed by atoms with E-state index in [-0.39, 0.29) is 40.7 Å². The van der Waals surface area contributed by atoms with Crippen LogP contribution in [0.4, 0.5) is 4.39 Å². The second-order valence-electron chi connectivity index (χ2n) is 9.94. The summed E-state index contributed by atoms with van der Waals surface area (Å²) in [5.74, 6) is 0.506. The summed E-state index contributed by atoms with van der Waals surface area (Å²) in [5.41, 5.74) is -2.30. The Morgan fingerprint density at radius 2 is 2.07 bits per heavy atom. The Morgan fingerprint density at radius 1 is 1.36 bits per heavy atom. The summed E-state index contributed by atoms with van der Waals surface area (Å²) in [6.07, 6.45) is 7.97. The number of thioether (sulfide) groups is 1. The Hall–Kier alpha value is -0.940. The van der Waals surface area contributed by atoms with Crippen LogP contribution >= 0.6 is 11.8 Å². The molecule has 0 aromatic carbocycles. The monoisotopic (exact) mass is 406 g/mol. The number of aliphatic hydroxyl groups is 1.